The zero-order chi connectivity index (χ0) is 13.7. The van der Waals surface area contributed by atoms with Crippen molar-refractivity contribution in [1.29, 1.82) is 0 Å². The summed E-state index contributed by atoms with van der Waals surface area (Å²) in [6, 6.07) is 13.9. The van der Waals surface area contributed by atoms with Crippen molar-refractivity contribution in [1.82, 2.24) is 0 Å². The van der Waals surface area contributed by atoms with Gasteiger partial charge in [0.15, 0.2) is 0 Å². The molecule has 0 amide bonds. The second kappa shape index (κ2) is 6.14. The maximum absolute atomic E-state index is 5.90. The van der Waals surface area contributed by atoms with Crippen LogP contribution in [0.4, 0.5) is 17.1 Å². The predicted octanol–water partition coefficient (Wildman–Crippen LogP) is 4.11. The number of ether oxygens (including phenoxy) is 1. The topological polar surface area (TPSA) is 47.3 Å². The van der Waals surface area contributed by atoms with Gasteiger partial charge in [0, 0.05) is 17.4 Å². The molecule has 3 N–H and O–H groups in total. The molecule has 0 spiro atoms. The first-order chi connectivity index (χ1) is 9.20. The Morgan fingerprint density at radius 3 is 2.68 bits per heavy atom. The highest BCUT2D eigenvalue weighted by atomic mass is 16.5. The summed E-state index contributed by atoms with van der Waals surface area (Å²) in [5, 5.41) is 3.38. The van der Waals surface area contributed by atoms with Gasteiger partial charge in [-0.3, -0.25) is 0 Å². The van der Waals surface area contributed by atoms with Crippen molar-refractivity contribution in [3.63, 3.8) is 0 Å². The van der Waals surface area contributed by atoms with E-state index in [-0.39, 0.29) is 0 Å². The lowest BCUT2D eigenvalue weighted by atomic mass is 10.2. The number of hydrogen-bond acceptors (Lipinski definition) is 3. The lowest BCUT2D eigenvalue weighted by molar-refractivity contribution is 0.319. The molecule has 0 aromatic heterocycles. The number of para-hydroxylation sites is 1. The normalized spacial score (nSPS) is 10.2. The fourth-order valence-electron chi connectivity index (χ4n) is 1.82. The Morgan fingerprint density at radius 1 is 1.16 bits per heavy atom. The van der Waals surface area contributed by atoms with E-state index >= 15 is 0 Å². The zero-order valence-electron chi connectivity index (χ0n) is 11.4. The number of anilines is 3. The molecule has 0 saturated carbocycles. The Bertz CT molecular complexity index is 552. The van der Waals surface area contributed by atoms with Crippen LogP contribution >= 0.6 is 0 Å². The van der Waals surface area contributed by atoms with Gasteiger partial charge in [0.2, 0.25) is 0 Å². The largest absolute Gasteiger partial charge is 0.491 e. The van der Waals surface area contributed by atoms with Crippen LogP contribution in [0.3, 0.4) is 0 Å². The van der Waals surface area contributed by atoms with Crippen LogP contribution in [0, 0.1) is 6.92 Å². The van der Waals surface area contributed by atoms with Gasteiger partial charge in [0.05, 0.1) is 12.3 Å². The summed E-state index contributed by atoms with van der Waals surface area (Å²) in [6.45, 7) is 4.83. The molecule has 0 bridgehead atoms. The fourth-order valence-corrected chi connectivity index (χ4v) is 1.82. The van der Waals surface area contributed by atoms with Crippen LogP contribution in [-0.2, 0) is 0 Å². The summed E-state index contributed by atoms with van der Waals surface area (Å²) in [5.74, 6) is 0.737. The number of hydrogen-bond donors (Lipinski definition) is 2. The second-order valence-electron chi connectivity index (χ2n) is 4.54. The molecule has 2 aromatic rings. The molecule has 3 heteroatoms. The lowest BCUT2D eigenvalue weighted by Gasteiger charge is -2.13. The maximum Gasteiger partial charge on any atom is 0.144 e. The van der Waals surface area contributed by atoms with Gasteiger partial charge < -0.3 is 15.8 Å². The average Bonchev–Trinajstić information content (AvgIpc) is 2.42. The third-order valence-electron chi connectivity index (χ3n) is 2.90. The van der Waals surface area contributed by atoms with E-state index in [9.17, 15) is 0 Å². The fraction of sp³-hybridized carbons (Fsp3) is 0.250. The molecule has 0 unspecified atom stereocenters. The molecule has 0 aliphatic carbocycles. The van der Waals surface area contributed by atoms with Crippen molar-refractivity contribution in [3.05, 3.63) is 48.0 Å². The molecule has 3 nitrogen and oxygen atoms in total. The second-order valence-corrected chi connectivity index (χ2v) is 4.54. The first kappa shape index (κ1) is 13.3. The van der Waals surface area contributed by atoms with E-state index in [4.69, 9.17) is 10.5 Å². The van der Waals surface area contributed by atoms with Gasteiger partial charge in [-0.15, -0.1) is 0 Å². The Kier molecular flexibility index (Phi) is 4.29. The lowest BCUT2D eigenvalue weighted by Crippen LogP contribution is -2.00. The third-order valence-corrected chi connectivity index (χ3v) is 2.90. The van der Waals surface area contributed by atoms with Gasteiger partial charge >= 0.3 is 0 Å². The molecule has 0 aliphatic rings. The van der Waals surface area contributed by atoms with Crippen molar-refractivity contribution >= 4 is 17.1 Å². The minimum absolute atomic E-state index is 0.670. The molecular weight excluding hydrogens is 236 g/mol. The van der Waals surface area contributed by atoms with Crippen LogP contribution in [0.2, 0.25) is 0 Å². The average molecular weight is 256 g/mol. The first-order valence-electron chi connectivity index (χ1n) is 6.55. The van der Waals surface area contributed by atoms with Crippen LogP contribution in [-0.4, -0.2) is 6.61 Å². The van der Waals surface area contributed by atoms with Crippen molar-refractivity contribution in [2.45, 2.75) is 20.3 Å². The quantitative estimate of drug-likeness (QED) is 0.791. The van der Waals surface area contributed by atoms with Gasteiger partial charge in [-0.1, -0.05) is 25.1 Å². The highest BCUT2D eigenvalue weighted by molar-refractivity contribution is 5.68. The summed E-state index contributed by atoms with van der Waals surface area (Å²) in [6.07, 6.45) is 0.967. The van der Waals surface area contributed by atoms with Crippen molar-refractivity contribution < 1.29 is 4.74 Å². The summed E-state index contributed by atoms with van der Waals surface area (Å²) >= 11 is 0. The Balaban J connectivity index is 2.19. The summed E-state index contributed by atoms with van der Waals surface area (Å²) in [4.78, 5) is 0. The Morgan fingerprint density at radius 2 is 1.95 bits per heavy atom. The van der Waals surface area contributed by atoms with Gasteiger partial charge in [-0.25, -0.2) is 0 Å². The molecule has 2 rings (SSSR count). The Labute approximate surface area is 114 Å². The van der Waals surface area contributed by atoms with Gasteiger partial charge in [-0.05, 0) is 37.1 Å². The van der Waals surface area contributed by atoms with E-state index < -0.39 is 0 Å². The molecule has 2 aromatic carbocycles. The molecular formula is C16H20N2O. The number of nitrogens with one attached hydrogen (secondary N) is 1. The standard InChI is InChI=1S/C16H20N2O/c1-3-10-19-16-11-13(8-9-14(16)17)18-15-7-5-4-6-12(15)2/h4-9,11,18H,3,10,17H2,1-2H3. The number of aryl methyl sites for hydroxylation is 1. The van der Waals surface area contributed by atoms with Crippen LogP contribution in [0.5, 0.6) is 5.75 Å². The van der Waals surface area contributed by atoms with Crippen LogP contribution in [0.15, 0.2) is 42.5 Å². The van der Waals surface area contributed by atoms with E-state index in [0.29, 0.717) is 12.3 Å². The van der Waals surface area contributed by atoms with E-state index in [1.165, 1.54) is 5.56 Å². The number of rotatable bonds is 5. The number of nitrogens with two attached hydrogens (primary N) is 1. The van der Waals surface area contributed by atoms with Crippen LogP contribution in [0.1, 0.15) is 18.9 Å². The van der Waals surface area contributed by atoms with Crippen molar-refractivity contribution in [3.8, 4) is 5.75 Å². The van der Waals surface area contributed by atoms with E-state index in [1.54, 1.807) is 0 Å². The van der Waals surface area contributed by atoms with E-state index in [1.807, 2.05) is 30.3 Å². The number of benzene rings is 2. The molecule has 0 saturated heterocycles. The summed E-state index contributed by atoms with van der Waals surface area (Å²) in [5.41, 5.74) is 9.85. The predicted molar refractivity (Wildman–Crippen MR) is 81.1 cm³/mol. The SMILES string of the molecule is CCCOc1cc(Nc2ccccc2C)ccc1N. The van der Waals surface area contributed by atoms with Gasteiger partial charge in [0.1, 0.15) is 5.75 Å². The molecule has 0 fully saturated rings. The summed E-state index contributed by atoms with van der Waals surface area (Å²) < 4.78 is 5.63. The van der Waals surface area contributed by atoms with Gasteiger partial charge in [-0.2, -0.15) is 0 Å². The smallest absolute Gasteiger partial charge is 0.144 e. The highest BCUT2D eigenvalue weighted by Crippen LogP contribution is 2.28. The van der Waals surface area contributed by atoms with Gasteiger partial charge in [0.25, 0.3) is 0 Å². The Hall–Kier alpha value is -2.16. The van der Waals surface area contributed by atoms with E-state index in [2.05, 4.69) is 31.3 Å². The third kappa shape index (κ3) is 3.41. The number of nitrogen functional groups attached to an aromatic ring is 1. The molecule has 0 radical (unpaired) electrons. The van der Waals surface area contributed by atoms with Crippen LogP contribution in [0.25, 0.3) is 0 Å². The monoisotopic (exact) mass is 256 g/mol. The van der Waals surface area contributed by atoms with Crippen molar-refractivity contribution in [2.24, 2.45) is 0 Å². The molecule has 0 heterocycles. The maximum atomic E-state index is 5.90. The minimum atomic E-state index is 0.670. The zero-order valence-corrected chi connectivity index (χ0v) is 11.4. The van der Waals surface area contributed by atoms with E-state index in [0.717, 1.165) is 23.5 Å². The highest BCUT2D eigenvalue weighted by Gasteiger charge is 2.03. The molecule has 0 aliphatic heterocycles. The van der Waals surface area contributed by atoms with Crippen LogP contribution < -0.4 is 15.8 Å². The first-order valence-corrected chi connectivity index (χ1v) is 6.55. The molecule has 19 heavy (non-hydrogen) atoms. The minimum Gasteiger partial charge on any atom is -0.491 e. The van der Waals surface area contributed by atoms with Crippen molar-refractivity contribution in [2.75, 3.05) is 17.7 Å². The molecule has 0 atom stereocenters. The molecule has 100 valence electrons. The summed E-state index contributed by atoms with van der Waals surface area (Å²) in [7, 11) is 0.